The van der Waals surface area contributed by atoms with Crippen LogP contribution in [0.15, 0.2) is 23.3 Å². The molecule has 0 radical (unpaired) electrons. The van der Waals surface area contributed by atoms with E-state index in [4.69, 9.17) is 15.2 Å². The fourth-order valence-electron chi connectivity index (χ4n) is 2.86. The van der Waals surface area contributed by atoms with E-state index in [-0.39, 0.29) is 29.2 Å². The summed E-state index contributed by atoms with van der Waals surface area (Å²) in [6.45, 7) is 2.25. The second kappa shape index (κ2) is 6.14. The number of nitrogens with one attached hydrogen (secondary N) is 1. The Labute approximate surface area is 147 Å². The number of amides is 1. The normalized spacial score (nSPS) is 16.9. The lowest BCUT2D eigenvalue weighted by Crippen LogP contribution is -2.22. The Bertz CT molecular complexity index is 1060. The third-order valence-electron chi connectivity index (χ3n) is 4.09. The Morgan fingerprint density at radius 3 is 3.00 bits per heavy atom. The van der Waals surface area contributed by atoms with Gasteiger partial charge in [-0.2, -0.15) is 9.97 Å². The minimum atomic E-state index is -0.656. The minimum absolute atomic E-state index is 0.0867. The van der Waals surface area contributed by atoms with E-state index in [1.807, 2.05) is 6.92 Å². The van der Waals surface area contributed by atoms with Crippen LogP contribution in [0.5, 0.6) is 11.8 Å². The number of hydrogen-bond acceptors (Lipinski definition) is 7. The van der Waals surface area contributed by atoms with E-state index in [0.29, 0.717) is 30.6 Å². The third-order valence-corrected chi connectivity index (χ3v) is 4.09. The molecule has 10 heteroatoms. The summed E-state index contributed by atoms with van der Waals surface area (Å²) in [4.78, 5) is 39.4. The van der Waals surface area contributed by atoms with Gasteiger partial charge in [0.25, 0.3) is 5.91 Å². The SMILES string of the molecule is C[C@H]1CCCOc2ncnc3[nH]c(=O)n(c23)-c2ccc(C(N)=O)c(n2)O1. The van der Waals surface area contributed by atoms with Crippen LogP contribution in [0.1, 0.15) is 30.1 Å². The highest BCUT2D eigenvalue weighted by Crippen LogP contribution is 2.25. The standard InChI is InChI=1S/C16H16N6O4/c1-8-3-2-6-25-15-11-13(18-7-19-15)21-16(24)22(11)10-5-4-9(12(17)23)14(20-10)26-8/h4-5,7-8H,2-3,6H2,1H3,(H2,17,23)(H,18,19,21,24)/t8-/m0/s1. The van der Waals surface area contributed by atoms with E-state index >= 15 is 0 Å². The van der Waals surface area contributed by atoms with Gasteiger partial charge < -0.3 is 15.2 Å². The molecule has 26 heavy (non-hydrogen) atoms. The van der Waals surface area contributed by atoms with Crippen molar-refractivity contribution in [2.24, 2.45) is 5.73 Å². The van der Waals surface area contributed by atoms with Gasteiger partial charge in [-0.1, -0.05) is 0 Å². The van der Waals surface area contributed by atoms with Gasteiger partial charge in [0.15, 0.2) is 11.2 Å². The first kappa shape index (κ1) is 16.1. The highest BCUT2D eigenvalue weighted by atomic mass is 16.5. The number of fused-ring (bicyclic) bond motifs is 3. The molecule has 10 nitrogen and oxygen atoms in total. The number of carbonyl (C=O) groups excluding carboxylic acids is 1. The molecule has 134 valence electrons. The predicted molar refractivity (Wildman–Crippen MR) is 90.6 cm³/mol. The number of hydrogen-bond donors (Lipinski definition) is 2. The number of nitrogens with zero attached hydrogens (tertiary/aromatic N) is 4. The third kappa shape index (κ3) is 2.65. The molecule has 2 bridgehead atoms. The summed E-state index contributed by atoms with van der Waals surface area (Å²) in [6.07, 6.45) is 2.47. The van der Waals surface area contributed by atoms with E-state index < -0.39 is 11.6 Å². The van der Waals surface area contributed by atoms with Crippen LogP contribution in [0.3, 0.4) is 0 Å². The topological polar surface area (TPSA) is 138 Å². The molecule has 0 unspecified atom stereocenters. The van der Waals surface area contributed by atoms with Crippen LogP contribution in [-0.2, 0) is 0 Å². The number of ether oxygens (including phenoxy) is 2. The molecular weight excluding hydrogens is 340 g/mol. The second-order valence-corrected chi connectivity index (χ2v) is 5.95. The molecule has 0 saturated heterocycles. The first-order valence-electron chi connectivity index (χ1n) is 8.11. The molecule has 0 saturated carbocycles. The van der Waals surface area contributed by atoms with Crippen molar-refractivity contribution in [1.82, 2.24) is 24.5 Å². The average Bonchev–Trinajstić information content (AvgIpc) is 2.94. The van der Waals surface area contributed by atoms with Crippen molar-refractivity contribution in [3.8, 4) is 17.6 Å². The minimum Gasteiger partial charge on any atom is -0.476 e. The van der Waals surface area contributed by atoms with Gasteiger partial charge in [-0.3, -0.25) is 9.78 Å². The van der Waals surface area contributed by atoms with Gasteiger partial charge in [-0.05, 0) is 31.9 Å². The van der Waals surface area contributed by atoms with Gasteiger partial charge in [0.1, 0.15) is 17.7 Å². The van der Waals surface area contributed by atoms with Crippen LogP contribution >= 0.6 is 0 Å². The molecule has 3 aromatic rings. The number of primary amides is 1. The van der Waals surface area contributed by atoms with Crippen LogP contribution in [0.4, 0.5) is 0 Å². The Kier molecular flexibility index (Phi) is 3.79. The van der Waals surface area contributed by atoms with Gasteiger partial charge in [-0.15, -0.1) is 0 Å². The molecule has 1 aliphatic rings. The molecule has 0 fully saturated rings. The fraction of sp³-hybridized carbons (Fsp3) is 0.312. The summed E-state index contributed by atoms with van der Waals surface area (Å²) in [7, 11) is 0. The van der Waals surface area contributed by atoms with Crippen LogP contribution in [0, 0.1) is 0 Å². The zero-order chi connectivity index (χ0) is 18.3. The quantitative estimate of drug-likeness (QED) is 0.649. The van der Waals surface area contributed by atoms with E-state index in [1.54, 1.807) is 0 Å². The van der Waals surface area contributed by atoms with Crippen molar-refractivity contribution >= 4 is 17.1 Å². The van der Waals surface area contributed by atoms with Crippen molar-refractivity contribution in [2.45, 2.75) is 25.9 Å². The Morgan fingerprint density at radius 1 is 1.35 bits per heavy atom. The monoisotopic (exact) mass is 356 g/mol. The van der Waals surface area contributed by atoms with Gasteiger partial charge in [0, 0.05) is 0 Å². The summed E-state index contributed by atoms with van der Waals surface area (Å²) < 4.78 is 12.8. The Hall–Kier alpha value is -3.43. The molecular formula is C16H16N6O4. The van der Waals surface area contributed by atoms with Crippen molar-refractivity contribution in [1.29, 1.82) is 0 Å². The number of nitrogens with two attached hydrogens (primary N) is 1. The van der Waals surface area contributed by atoms with Crippen molar-refractivity contribution in [3.63, 3.8) is 0 Å². The number of aromatic nitrogens is 5. The number of pyridine rings is 1. The van der Waals surface area contributed by atoms with Crippen LogP contribution in [-0.4, -0.2) is 43.1 Å². The van der Waals surface area contributed by atoms with Crippen LogP contribution in [0.25, 0.3) is 17.0 Å². The number of carbonyl (C=O) groups is 1. The van der Waals surface area contributed by atoms with E-state index in [9.17, 15) is 9.59 Å². The van der Waals surface area contributed by atoms with Crippen molar-refractivity contribution in [3.05, 3.63) is 34.5 Å². The lowest BCUT2D eigenvalue weighted by atomic mass is 10.2. The molecule has 4 rings (SSSR count). The van der Waals surface area contributed by atoms with Crippen LogP contribution in [0.2, 0.25) is 0 Å². The lowest BCUT2D eigenvalue weighted by Gasteiger charge is -2.18. The highest BCUT2D eigenvalue weighted by molar-refractivity contribution is 5.95. The molecule has 0 aromatic carbocycles. The maximum absolute atomic E-state index is 12.5. The number of aromatic amines is 1. The van der Waals surface area contributed by atoms with E-state index in [0.717, 1.165) is 0 Å². The number of H-pyrrole nitrogens is 1. The van der Waals surface area contributed by atoms with Gasteiger partial charge in [-0.25, -0.2) is 14.3 Å². The largest absolute Gasteiger partial charge is 0.476 e. The molecule has 1 aliphatic heterocycles. The first-order valence-corrected chi connectivity index (χ1v) is 8.11. The van der Waals surface area contributed by atoms with Crippen molar-refractivity contribution < 1.29 is 14.3 Å². The van der Waals surface area contributed by atoms with Crippen LogP contribution < -0.4 is 20.9 Å². The first-order chi connectivity index (χ1) is 12.5. The van der Waals surface area contributed by atoms with Gasteiger partial charge in [0.05, 0.1) is 12.7 Å². The highest BCUT2D eigenvalue weighted by Gasteiger charge is 2.21. The summed E-state index contributed by atoms with van der Waals surface area (Å²) in [6, 6.07) is 2.99. The fourth-order valence-corrected chi connectivity index (χ4v) is 2.86. The smallest absolute Gasteiger partial charge is 0.333 e. The molecule has 0 spiro atoms. The Morgan fingerprint density at radius 2 is 2.19 bits per heavy atom. The lowest BCUT2D eigenvalue weighted by molar-refractivity contribution is 0.0991. The van der Waals surface area contributed by atoms with Gasteiger partial charge >= 0.3 is 5.69 Å². The molecule has 0 aliphatic carbocycles. The number of imidazole rings is 1. The zero-order valence-corrected chi connectivity index (χ0v) is 13.9. The Balaban J connectivity index is 2.01. The summed E-state index contributed by atoms with van der Waals surface area (Å²) in [5.74, 6) is -0.0425. The molecule has 3 N–H and O–H groups in total. The predicted octanol–water partition coefficient (Wildman–Crippen LogP) is 0.543. The van der Waals surface area contributed by atoms with Gasteiger partial charge in [0.2, 0.25) is 11.8 Å². The molecule has 1 amide bonds. The zero-order valence-electron chi connectivity index (χ0n) is 13.9. The summed E-state index contributed by atoms with van der Waals surface area (Å²) in [5, 5.41) is 0. The van der Waals surface area contributed by atoms with E-state index in [2.05, 4.69) is 19.9 Å². The maximum atomic E-state index is 12.5. The molecule has 4 heterocycles. The summed E-state index contributed by atoms with van der Waals surface area (Å²) >= 11 is 0. The molecule has 1 atom stereocenters. The molecule has 3 aromatic heterocycles. The van der Waals surface area contributed by atoms with E-state index in [1.165, 1.54) is 23.0 Å². The summed E-state index contributed by atoms with van der Waals surface area (Å²) in [5.41, 5.74) is 5.81. The van der Waals surface area contributed by atoms with Crippen molar-refractivity contribution in [2.75, 3.05) is 6.61 Å². The maximum Gasteiger partial charge on any atom is 0.333 e. The average molecular weight is 356 g/mol. The number of rotatable bonds is 1. The second-order valence-electron chi connectivity index (χ2n) is 5.95.